The SMILES string of the molecule is COc1ccc(CNc2cc(Cl)nnc2OCC2CN(C)C2)c(OC)c1. The van der Waals surface area contributed by atoms with Crippen LogP contribution in [0.3, 0.4) is 0 Å². The normalized spacial score (nSPS) is 14.6. The number of aromatic nitrogens is 2. The summed E-state index contributed by atoms with van der Waals surface area (Å²) in [6, 6.07) is 7.40. The largest absolute Gasteiger partial charge is 0.497 e. The Morgan fingerprint density at radius 3 is 2.69 bits per heavy atom. The van der Waals surface area contributed by atoms with Gasteiger partial charge < -0.3 is 24.4 Å². The van der Waals surface area contributed by atoms with Gasteiger partial charge in [0, 0.05) is 43.2 Å². The molecule has 0 unspecified atom stereocenters. The Labute approximate surface area is 158 Å². The molecule has 2 heterocycles. The van der Waals surface area contributed by atoms with Crippen LogP contribution in [0.25, 0.3) is 0 Å². The van der Waals surface area contributed by atoms with E-state index in [1.807, 2.05) is 18.2 Å². The zero-order valence-electron chi connectivity index (χ0n) is 15.2. The van der Waals surface area contributed by atoms with Crippen LogP contribution in [-0.4, -0.2) is 56.1 Å². The fraction of sp³-hybridized carbons (Fsp3) is 0.444. The fourth-order valence-electron chi connectivity index (χ4n) is 2.91. The Morgan fingerprint density at radius 2 is 2.00 bits per heavy atom. The summed E-state index contributed by atoms with van der Waals surface area (Å²) in [7, 11) is 5.35. The van der Waals surface area contributed by atoms with Crippen LogP contribution in [0.5, 0.6) is 17.4 Å². The number of ether oxygens (including phenoxy) is 3. The number of nitrogens with one attached hydrogen (secondary N) is 1. The second-order valence-corrected chi connectivity index (χ2v) is 6.70. The van der Waals surface area contributed by atoms with Gasteiger partial charge in [-0.15, -0.1) is 10.2 Å². The summed E-state index contributed by atoms with van der Waals surface area (Å²) in [4.78, 5) is 2.25. The number of nitrogens with zero attached hydrogens (tertiary/aromatic N) is 3. The number of halogens is 1. The first-order valence-corrected chi connectivity index (χ1v) is 8.76. The Balaban J connectivity index is 1.68. The molecule has 140 valence electrons. The minimum Gasteiger partial charge on any atom is -0.497 e. The van der Waals surface area contributed by atoms with Crippen molar-refractivity contribution in [1.29, 1.82) is 0 Å². The second kappa shape index (κ2) is 8.42. The molecular weight excluding hydrogens is 356 g/mol. The van der Waals surface area contributed by atoms with Crippen molar-refractivity contribution in [3.05, 3.63) is 35.0 Å². The smallest absolute Gasteiger partial charge is 0.257 e. The van der Waals surface area contributed by atoms with Crippen molar-refractivity contribution in [1.82, 2.24) is 15.1 Å². The number of anilines is 1. The minimum atomic E-state index is 0.310. The highest BCUT2D eigenvalue weighted by Crippen LogP contribution is 2.28. The molecule has 2 aromatic rings. The Hall–Kier alpha value is -2.25. The van der Waals surface area contributed by atoms with Gasteiger partial charge in [-0.1, -0.05) is 11.6 Å². The first-order chi connectivity index (χ1) is 12.6. The zero-order chi connectivity index (χ0) is 18.5. The highest BCUT2D eigenvalue weighted by molar-refractivity contribution is 6.29. The number of hydrogen-bond donors (Lipinski definition) is 1. The zero-order valence-corrected chi connectivity index (χ0v) is 15.9. The molecule has 0 saturated carbocycles. The van der Waals surface area contributed by atoms with Gasteiger partial charge in [-0.3, -0.25) is 0 Å². The van der Waals surface area contributed by atoms with E-state index in [1.165, 1.54) is 0 Å². The maximum Gasteiger partial charge on any atom is 0.257 e. The van der Waals surface area contributed by atoms with Crippen LogP contribution in [0.2, 0.25) is 5.15 Å². The van der Waals surface area contributed by atoms with Gasteiger partial charge in [-0.25, -0.2) is 0 Å². The summed E-state index contributed by atoms with van der Waals surface area (Å²) in [5, 5.41) is 11.6. The third-order valence-electron chi connectivity index (χ3n) is 4.29. The van der Waals surface area contributed by atoms with E-state index in [0.717, 1.165) is 30.2 Å². The topological polar surface area (TPSA) is 68.7 Å². The van der Waals surface area contributed by atoms with E-state index in [2.05, 4.69) is 27.5 Å². The average molecular weight is 379 g/mol. The summed E-state index contributed by atoms with van der Waals surface area (Å²) in [5.41, 5.74) is 1.68. The third kappa shape index (κ3) is 4.47. The van der Waals surface area contributed by atoms with Crippen molar-refractivity contribution in [3.63, 3.8) is 0 Å². The molecule has 8 heteroatoms. The van der Waals surface area contributed by atoms with Gasteiger partial charge in [0.1, 0.15) is 17.2 Å². The highest BCUT2D eigenvalue weighted by atomic mass is 35.5. The van der Waals surface area contributed by atoms with E-state index >= 15 is 0 Å². The average Bonchev–Trinajstić information content (AvgIpc) is 2.63. The Morgan fingerprint density at radius 1 is 1.19 bits per heavy atom. The van der Waals surface area contributed by atoms with Gasteiger partial charge in [0.2, 0.25) is 0 Å². The van der Waals surface area contributed by atoms with E-state index in [-0.39, 0.29) is 0 Å². The molecule has 0 amide bonds. The van der Waals surface area contributed by atoms with E-state index < -0.39 is 0 Å². The molecule has 0 spiro atoms. The molecule has 26 heavy (non-hydrogen) atoms. The molecule has 1 aromatic heterocycles. The van der Waals surface area contributed by atoms with Gasteiger partial charge in [-0.05, 0) is 19.2 Å². The molecule has 0 radical (unpaired) electrons. The summed E-state index contributed by atoms with van der Waals surface area (Å²) >= 11 is 6.00. The number of likely N-dealkylation sites (tertiary alicyclic amines) is 1. The molecular formula is C18H23ClN4O3. The van der Waals surface area contributed by atoms with Crippen molar-refractivity contribution in [2.75, 3.05) is 46.3 Å². The van der Waals surface area contributed by atoms with Crippen LogP contribution in [0.1, 0.15) is 5.56 Å². The van der Waals surface area contributed by atoms with Crippen molar-refractivity contribution in [3.8, 4) is 17.4 Å². The Bertz CT molecular complexity index is 753. The van der Waals surface area contributed by atoms with Gasteiger partial charge in [0.25, 0.3) is 5.88 Å². The lowest BCUT2D eigenvalue weighted by Crippen LogP contribution is -2.46. The number of methoxy groups -OCH3 is 2. The lowest BCUT2D eigenvalue weighted by molar-refractivity contribution is 0.0837. The Kier molecular flexibility index (Phi) is 6.00. The van der Waals surface area contributed by atoms with E-state index in [9.17, 15) is 0 Å². The lowest BCUT2D eigenvalue weighted by atomic mass is 10.0. The van der Waals surface area contributed by atoms with Crippen LogP contribution < -0.4 is 19.5 Å². The predicted octanol–water partition coefficient (Wildman–Crippen LogP) is 2.70. The van der Waals surface area contributed by atoms with Crippen LogP contribution >= 0.6 is 11.6 Å². The molecule has 0 bridgehead atoms. The summed E-state index contributed by atoms with van der Waals surface area (Å²) in [5.74, 6) is 2.46. The molecule has 1 fully saturated rings. The molecule has 1 aromatic carbocycles. The molecule has 1 aliphatic rings. The summed E-state index contributed by atoms with van der Waals surface area (Å²) in [6.07, 6.45) is 0. The third-order valence-corrected chi connectivity index (χ3v) is 4.47. The number of rotatable bonds is 8. The van der Waals surface area contributed by atoms with Gasteiger partial charge in [0.15, 0.2) is 5.15 Å². The van der Waals surface area contributed by atoms with Crippen molar-refractivity contribution in [2.45, 2.75) is 6.54 Å². The predicted molar refractivity (Wildman–Crippen MR) is 100 cm³/mol. The second-order valence-electron chi connectivity index (χ2n) is 6.32. The first kappa shape index (κ1) is 18.5. The fourth-order valence-corrected chi connectivity index (χ4v) is 3.06. The number of hydrogen-bond acceptors (Lipinski definition) is 7. The molecule has 0 aliphatic carbocycles. The molecule has 7 nitrogen and oxygen atoms in total. The van der Waals surface area contributed by atoms with Crippen molar-refractivity contribution >= 4 is 17.3 Å². The maximum atomic E-state index is 6.00. The van der Waals surface area contributed by atoms with Gasteiger partial charge >= 0.3 is 0 Å². The highest BCUT2D eigenvalue weighted by Gasteiger charge is 2.24. The number of benzene rings is 1. The minimum absolute atomic E-state index is 0.310. The molecule has 1 aliphatic heterocycles. The van der Waals surface area contributed by atoms with Crippen LogP contribution in [0, 0.1) is 5.92 Å². The lowest BCUT2D eigenvalue weighted by Gasteiger charge is -2.35. The maximum absolute atomic E-state index is 6.00. The standard InChI is InChI=1S/C18H23ClN4O3/c1-23-9-12(10-23)11-26-18-15(7-17(19)21-22-18)20-8-13-4-5-14(24-2)6-16(13)25-3/h4-7,12H,8-11H2,1-3H3,(H,20,21). The monoisotopic (exact) mass is 378 g/mol. The summed E-state index contributed by atoms with van der Waals surface area (Å²) in [6.45, 7) is 3.21. The van der Waals surface area contributed by atoms with Crippen LogP contribution in [0.4, 0.5) is 5.69 Å². The van der Waals surface area contributed by atoms with Crippen LogP contribution in [0.15, 0.2) is 24.3 Å². The first-order valence-electron chi connectivity index (χ1n) is 8.38. The van der Waals surface area contributed by atoms with E-state index in [0.29, 0.717) is 35.8 Å². The van der Waals surface area contributed by atoms with Crippen molar-refractivity contribution in [2.24, 2.45) is 5.92 Å². The van der Waals surface area contributed by atoms with Gasteiger partial charge in [0.05, 0.1) is 20.8 Å². The van der Waals surface area contributed by atoms with Crippen molar-refractivity contribution < 1.29 is 14.2 Å². The molecule has 3 rings (SSSR count). The van der Waals surface area contributed by atoms with E-state index in [1.54, 1.807) is 20.3 Å². The van der Waals surface area contributed by atoms with Gasteiger partial charge in [-0.2, -0.15) is 0 Å². The quantitative estimate of drug-likeness (QED) is 0.757. The summed E-state index contributed by atoms with van der Waals surface area (Å²) < 4.78 is 16.5. The van der Waals surface area contributed by atoms with Crippen LogP contribution in [-0.2, 0) is 6.54 Å². The molecule has 0 atom stereocenters. The molecule has 1 saturated heterocycles. The van der Waals surface area contributed by atoms with E-state index in [4.69, 9.17) is 25.8 Å². The molecule has 1 N–H and O–H groups in total.